The number of amides is 1. The van der Waals surface area contributed by atoms with Crippen molar-refractivity contribution in [2.75, 3.05) is 11.1 Å². The van der Waals surface area contributed by atoms with Gasteiger partial charge in [-0.2, -0.15) is 0 Å². The Labute approximate surface area is 160 Å². The highest BCUT2D eigenvalue weighted by molar-refractivity contribution is 8.13. The Bertz CT molecular complexity index is 901. The van der Waals surface area contributed by atoms with E-state index in [9.17, 15) is 4.79 Å². The van der Waals surface area contributed by atoms with Crippen molar-refractivity contribution in [2.45, 2.75) is 31.7 Å². The van der Waals surface area contributed by atoms with Gasteiger partial charge in [0.25, 0.3) is 5.91 Å². The van der Waals surface area contributed by atoms with E-state index in [2.05, 4.69) is 34.4 Å². The molecule has 26 heavy (non-hydrogen) atoms. The van der Waals surface area contributed by atoms with Gasteiger partial charge in [-0.3, -0.25) is 15.1 Å². The first kappa shape index (κ1) is 17.3. The lowest BCUT2D eigenvalue weighted by atomic mass is 9.89. The quantitative estimate of drug-likeness (QED) is 0.837. The smallest absolute Gasteiger partial charge is 0.257 e. The molecule has 0 saturated heterocycles. The van der Waals surface area contributed by atoms with Gasteiger partial charge in [-0.25, -0.2) is 4.98 Å². The van der Waals surface area contributed by atoms with E-state index in [1.165, 1.54) is 11.3 Å². The predicted molar refractivity (Wildman–Crippen MR) is 110 cm³/mol. The summed E-state index contributed by atoms with van der Waals surface area (Å²) in [5, 5.41) is 4.20. The third-order valence-electron chi connectivity index (χ3n) is 4.73. The number of nitrogens with two attached hydrogens (primary N) is 1. The van der Waals surface area contributed by atoms with E-state index in [0.717, 1.165) is 41.1 Å². The molecule has 2 heterocycles. The van der Waals surface area contributed by atoms with Crippen molar-refractivity contribution >= 4 is 45.4 Å². The summed E-state index contributed by atoms with van der Waals surface area (Å²) >= 11 is 3.11. The van der Waals surface area contributed by atoms with Crippen LogP contribution in [-0.4, -0.2) is 21.8 Å². The number of thiazole rings is 1. The molecule has 1 atom stereocenters. The van der Waals surface area contributed by atoms with Crippen LogP contribution in [0.2, 0.25) is 0 Å². The van der Waals surface area contributed by atoms with Crippen LogP contribution in [0.1, 0.15) is 46.3 Å². The number of aliphatic imine (C=N–C) groups is 1. The number of anilines is 1. The number of rotatable bonds is 3. The lowest BCUT2D eigenvalue weighted by Crippen LogP contribution is -2.28. The van der Waals surface area contributed by atoms with Gasteiger partial charge in [0.1, 0.15) is 0 Å². The molecule has 0 radical (unpaired) electrons. The summed E-state index contributed by atoms with van der Waals surface area (Å²) < 4.78 is 0. The van der Waals surface area contributed by atoms with E-state index in [1.54, 1.807) is 11.8 Å². The average Bonchev–Trinajstić information content (AvgIpc) is 3.04. The highest BCUT2D eigenvalue weighted by Gasteiger charge is 2.29. The zero-order valence-corrected chi connectivity index (χ0v) is 16.1. The molecule has 1 amide bonds. The maximum absolute atomic E-state index is 12.5. The molecular formula is C19H20N4OS2. The Hall–Kier alpha value is -2.12. The molecule has 0 spiro atoms. The van der Waals surface area contributed by atoms with Gasteiger partial charge in [0.2, 0.25) is 0 Å². The van der Waals surface area contributed by atoms with Crippen LogP contribution >= 0.6 is 23.1 Å². The number of aromatic nitrogens is 1. The van der Waals surface area contributed by atoms with Crippen molar-refractivity contribution in [3.63, 3.8) is 0 Å². The molecule has 3 N–H and O–H groups in total. The average molecular weight is 385 g/mol. The Morgan fingerprint density at radius 2 is 2.12 bits per heavy atom. The third-order valence-corrected chi connectivity index (χ3v) is 6.50. The summed E-state index contributed by atoms with van der Waals surface area (Å²) in [4.78, 5) is 22.8. The normalized spacial score (nSPS) is 21.8. The van der Waals surface area contributed by atoms with Crippen LogP contribution in [0.3, 0.4) is 0 Å². The topological polar surface area (TPSA) is 80.4 Å². The van der Waals surface area contributed by atoms with Crippen molar-refractivity contribution in [2.24, 2.45) is 10.7 Å². The highest BCUT2D eigenvalue weighted by Crippen LogP contribution is 2.35. The molecule has 0 fully saturated rings. The minimum atomic E-state index is -0.314. The molecule has 1 aliphatic heterocycles. The van der Waals surface area contributed by atoms with E-state index in [4.69, 9.17) is 5.73 Å². The molecule has 2 aromatic rings. The monoisotopic (exact) mass is 384 g/mol. The standard InChI is InChI=1S/C19H20N4OS2/c1-19(10-11-25-17(20)23-19)13-8-6-12(7-9-13)16(24)22-18-21-14-4-2-3-5-15(14)26-18/h3,5-9H,2,4,10-11H2,1H3,(H2,20,23)(H,21,22,24). The Kier molecular flexibility index (Phi) is 4.58. The number of allylic oxidation sites excluding steroid dienone is 1. The van der Waals surface area contributed by atoms with Crippen molar-refractivity contribution in [3.8, 4) is 0 Å². The molecule has 0 saturated carbocycles. The maximum atomic E-state index is 12.5. The van der Waals surface area contributed by atoms with Crippen LogP contribution < -0.4 is 11.1 Å². The number of hydrogen-bond acceptors (Lipinski definition) is 6. The summed E-state index contributed by atoms with van der Waals surface area (Å²) in [6, 6.07) is 7.63. The van der Waals surface area contributed by atoms with Gasteiger partial charge in [-0.1, -0.05) is 41.3 Å². The van der Waals surface area contributed by atoms with Gasteiger partial charge in [-0.05, 0) is 50.0 Å². The number of nitrogens with zero attached hydrogens (tertiary/aromatic N) is 2. The number of nitrogens with one attached hydrogen (secondary N) is 1. The number of thioether (sulfide) groups is 1. The molecule has 0 bridgehead atoms. The second kappa shape index (κ2) is 6.89. The Morgan fingerprint density at radius 3 is 2.85 bits per heavy atom. The van der Waals surface area contributed by atoms with E-state index < -0.39 is 0 Å². The second-order valence-electron chi connectivity index (χ2n) is 6.62. The summed E-state index contributed by atoms with van der Waals surface area (Å²) in [6.45, 7) is 2.09. The molecule has 1 aromatic carbocycles. The first-order chi connectivity index (χ1) is 12.5. The summed E-state index contributed by atoms with van der Waals surface area (Å²) in [5.41, 5.74) is 8.34. The van der Waals surface area contributed by atoms with E-state index in [1.807, 2.05) is 24.3 Å². The maximum Gasteiger partial charge on any atom is 0.257 e. The summed E-state index contributed by atoms with van der Waals surface area (Å²) in [6.07, 6.45) is 7.10. The minimum Gasteiger partial charge on any atom is -0.379 e. The number of carbonyl (C=O) groups excluding carboxylic acids is 1. The number of aryl methyl sites for hydroxylation is 1. The van der Waals surface area contributed by atoms with Crippen molar-refractivity contribution in [3.05, 3.63) is 52.0 Å². The predicted octanol–water partition coefficient (Wildman–Crippen LogP) is 4.02. The van der Waals surface area contributed by atoms with Crippen LogP contribution in [0.15, 0.2) is 35.3 Å². The Morgan fingerprint density at radius 1 is 1.31 bits per heavy atom. The lowest BCUT2D eigenvalue weighted by Gasteiger charge is -2.29. The largest absolute Gasteiger partial charge is 0.379 e. The first-order valence-electron chi connectivity index (χ1n) is 8.60. The molecule has 4 rings (SSSR count). The molecule has 2 aliphatic rings. The fraction of sp³-hybridized carbons (Fsp3) is 0.316. The van der Waals surface area contributed by atoms with Crippen LogP contribution in [0.5, 0.6) is 0 Å². The van der Waals surface area contributed by atoms with Crippen LogP contribution in [0.4, 0.5) is 5.13 Å². The minimum absolute atomic E-state index is 0.140. The van der Waals surface area contributed by atoms with Crippen LogP contribution in [-0.2, 0) is 12.0 Å². The highest BCUT2D eigenvalue weighted by atomic mass is 32.2. The fourth-order valence-corrected chi connectivity index (χ4v) is 5.09. The SMILES string of the molecule is CC1(c2ccc(C(=O)Nc3nc4c(s3)C=CCC4)cc2)CCSC(N)=N1. The van der Waals surface area contributed by atoms with E-state index in [0.29, 0.717) is 15.9 Å². The third kappa shape index (κ3) is 3.41. The van der Waals surface area contributed by atoms with Crippen LogP contribution in [0, 0.1) is 0 Å². The number of amidine groups is 1. The van der Waals surface area contributed by atoms with Crippen molar-refractivity contribution < 1.29 is 4.79 Å². The second-order valence-corrected chi connectivity index (χ2v) is 8.77. The number of fused-ring (bicyclic) bond motifs is 1. The molecule has 1 aliphatic carbocycles. The lowest BCUT2D eigenvalue weighted by molar-refractivity contribution is 0.102. The number of hydrogen-bond donors (Lipinski definition) is 2. The van der Waals surface area contributed by atoms with Gasteiger partial charge >= 0.3 is 0 Å². The molecular weight excluding hydrogens is 364 g/mol. The molecule has 134 valence electrons. The molecule has 7 heteroatoms. The van der Waals surface area contributed by atoms with Gasteiger partial charge in [-0.15, -0.1) is 0 Å². The molecule has 5 nitrogen and oxygen atoms in total. The molecule has 1 unspecified atom stereocenters. The van der Waals surface area contributed by atoms with Crippen LogP contribution in [0.25, 0.3) is 6.08 Å². The Balaban J connectivity index is 1.50. The summed E-state index contributed by atoms with van der Waals surface area (Å²) in [5.74, 6) is 0.816. The number of carbonyl (C=O) groups is 1. The van der Waals surface area contributed by atoms with Crippen molar-refractivity contribution in [1.82, 2.24) is 4.98 Å². The number of benzene rings is 1. The zero-order chi connectivity index (χ0) is 18.1. The fourth-order valence-electron chi connectivity index (χ4n) is 3.18. The van der Waals surface area contributed by atoms with Gasteiger partial charge < -0.3 is 5.73 Å². The zero-order valence-electron chi connectivity index (χ0n) is 14.5. The molecule has 1 aromatic heterocycles. The van der Waals surface area contributed by atoms with E-state index in [-0.39, 0.29) is 11.4 Å². The van der Waals surface area contributed by atoms with Gasteiger partial charge in [0.05, 0.1) is 16.1 Å². The first-order valence-corrected chi connectivity index (χ1v) is 10.4. The van der Waals surface area contributed by atoms with Crippen molar-refractivity contribution in [1.29, 1.82) is 0 Å². The van der Waals surface area contributed by atoms with Gasteiger partial charge in [0, 0.05) is 11.3 Å². The van der Waals surface area contributed by atoms with Gasteiger partial charge in [0.15, 0.2) is 10.3 Å². The van der Waals surface area contributed by atoms with E-state index >= 15 is 0 Å². The summed E-state index contributed by atoms with van der Waals surface area (Å²) in [7, 11) is 0.